The average molecular weight is 249 g/mol. The maximum Gasteiger partial charge on any atom is 0.120 e. The molecule has 2 rings (SSSR count). The number of hydrogen-bond donors (Lipinski definition) is 2. The molecule has 3 nitrogen and oxygen atoms in total. The summed E-state index contributed by atoms with van der Waals surface area (Å²) in [6.07, 6.45) is 6.36. The van der Waals surface area contributed by atoms with Crippen LogP contribution in [0.3, 0.4) is 0 Å². The smallest absolute Gasteiger partial charge is 0.120 e. The van der Waals surface area contributed by atoms with E-state index in [1.165, 1.54) is 43.5 Å². The summed E-state index contributed by atoms with van der Waals surface area (Å²) >= 11 is 0. The Morgan fingerprint density at radius 3 is 3.00 bits per heavy atom. The maximum absolute atomic E-state index is 4.72. The molecule has 2 N–H and O–H groups in total. The van der Waals surface area contributed by atoms with E-state index >= 15 is 0 Å². The molecule has 1 unspecified atom stereocenters. The molecule has 0 aromatic carbocycles. The monoisotopic (exact) mass is 249 g/mol. The number of hydrogen-bond acceptors (Lipinski definition) is 2. The molecule has 1 aromatic rings. The summed E-state index contributed by atoms with van der Waals surface area (Å²) in [5.74, 6) is 2.70. The van der Waals surface area contributed by atoms with Crippen molar-refractivity contribution < 1.29 is 0 Å². The van der Waals surface area contributed by atoms with E-state index in [0.29, 0.717) is 5.92 Å². The topological polar surface area (TPSA) is 40.7 Å². The Labute approximate surface area is 111 Å². The predicted molar refractivity (Wildman–Crippen MR) is 75.6 cm³/mol. The highest BCUT2D eigenvalue weighted by molar-refractivity contribution is 5.18. The minimum Gasteiger partial charge on any atom is -0.345 e. The first-order valence-electron chi connectivity index (χ1n) is 7.46. The van der Waals surface area contributed by atoms with Crippen LogP contribution in [0.25, 0.3) is 0 Å². The molecular formula is C15H27N3. The van der Waals surface area contributed by atoms with E-state index in [4.69, 9.17) is 4.98 Å². The van der Waals surface area contributed by atoms with Crippen LogP contribution in [0.2, 0.25) is 0 Å². The van der Waals surface area contributed by atoms with Gasteiger partial charge in [0.05, 0.1) is 12.2 Å². The van der Waals surface area contributed by atoms with Crippen LogP contribution in [0, 0.1) is 11.8 Å². The minimum absolute atomic E-state index is 0.698. The second-order valence-corrected chi connectivity index (χ2v) is 6.03. The molecule has 1 heterocycles. The van der Waals surface area contributed by atoms with Crippen LogP contribution in [-0.2, 0) is 19.4 Å². The van der Waals surface area contributed by atoms with Crippen LogP contribution in [0.15, 0.2) is 0 Å². The van der Waals surface area contributed by atoms with Gasteiger partial charge < -0.3 is 10.3 Å². The van der Waals surface area contributed by atoms with Gasteiger partial charge in [-0.2, -0.15) is 0 Å². The van der Waals surface area contributed by atoms with E-state index in [-0.39, 0.29) is 0 Å². The van der Waals surface area contributed by atoms with Gasteiger partial charge in [0, 0.05) is 5.69 Å². The highest BCUT2D eigenvalue weighted by Crippen LogP contribution is 2.26. The van der Waals surface area contributed by atoms with Crippen molar-refractivity contribution in [3.63, 3.8) is 0 Å². The lowest BCUT2D eigenvalue weighted by atomic mass is 9.87. The van der Waals surface area contributed by atoms with E-state index < -0.39 is 0 Å². The number of nitrogens with one attached hydrogen (secondary N) is 2. The van der Waals surface area contributed by atoms with Crippen LogP contribution in [0.5, 0.6) is 0 Å². The van der Waals surface area contributed by atoms with E-state index in [9.17, 15) is 0 Å². The van der Waals surface area contributed by atoms with Crippen molar-refractivity contribution in [2.24, 2.45) is 11.8 Å². The van der Waals surface area contributed by atoms with Crippen molar-refractivity contribution in [2.75, 3.05) is 6.54 Å². The van der Waals surface area contributed by atoms with Crippen LogP contribution in [0.4, 0.5) is 0 Å². The fraction of sp³-hybridized carbons (Fsp3) is 0.800. The largest absolute Gasteiger partial charge is 0.345 e. The van der Waals surface area contributed by atoms with Crippen molar-refractivity contribution >= 4 is 0 Å². The van der Waals surface area contributed by atoms with Crippen molar-refractivity contribution in [1.29, 1.82) is 0 Å². The maximum atomic E-state index is 4.72. The molecule has 0 aliphatic heterocycles. The first-order chi connectivity index (χ1) is 8.69. The molecule has 0 radical (unpaired) electrons. The number of rotatable bonds is 6. The van der Waals surface area contributed by atoms with Crippen molar-refractivity contribution in [3.05, 3.63) is 17.2 Å². The SMILES string of the molecule is CCCC1CCc2nc(CNCC(C)C)[nH]c2C1. The molecule has 0 amide bonds. The van der Waals surface area contributed by atoms with Gasteiger partial charge in [-0.1, -0.05) is 33.6 Å². The summed E-state index contributed by atoms with van der Waals surface area (Å²) in [5.41, 5.74) is 2.73. The first-order valence-corrected chi connectivity index (χ1v) is 7.46. The molecule has 18 heavy (non-hydrogen) atoms. The standard InChI is InChI=1S/C15H27N3/c1-4-5-12-6-7-13-14(8-12)18-15(17-13)10-16-9-11(2)3/h11-12,16H,4-10H2,1-3H3,(H,17,18). The Bertz CT molecular complexity index is 368. The van der Waals surface area contributed by atoms with Gasteiger partial charge in [0.2, 0.25) is 0 Å². The quantitative estimate of drug-likeness (QED) is 0.813. The second kappa shape index (κ2) is 6.37. The molecule has 1 atom stereocenters. The molecule has 1 aliphatic carbocycles. The Morgan fingerprint density at radius 1 is 1.44 bits per heavy atom. The van der Waals surface area contributed by atoms with Gasteiger partial charge in [-0.3, -0.25) is 0 Å². The van der Waals surface area contributed by atoms with Gasteiger partial charge in [-0.15, -0.1) is 0 Å². The number of nitrogens with zero attached hydrogens (tertiary/aromatic N) is 1. The fourth-order valence-corrected chi connectivity index (χ4v) is 2.83. The van der Waals surface area contributed by atoms with Gasteiger partial charge >= 0.3 is 0 Å². The lowest BCUT2D eigenvalue weighted by molar-refractivity contribution is 0.416. The second-order valence-electron chi connectivity index (χ2n) is 6.03. The van der Waals surface area contributed by atoms with Crippen molar-refractivity contribution in [3.8, 4) is 0 Å². The molecule has 0 saturated heterocycles. The average Bonchev–Trinajstić information content (AvgIpc) is 2.71. The number of aryl methyl sites for hydroxylation is 1. The molecule has 0 bridgehead atoms. The summed E-state index contributed by atoms with van der Waals surface area (Å²) in [4.78, 5) is 8.25. The third-order valence-electron chi connectivity index (χ3n) is 3.74. The zero-order valence-corrected chi connectivity index (χ0v) is 12.1. The molecule has 102 valence electrons. The molecule has 1 aliphatic rings. The van der Waals surface area contributed by atoms with Gasteiger partial charge in [0.1, 0.15) is 5.82 Å². The summed E-state index contributed by atoms with van der Waals surface area (Å²) < 4.78 is 0. The molecule has 0 fully saturated rings. The summed E-state index contributed by atoms with van der Waals surface area (Å²) in [6.45, 7) is 8.68. The van der Waals surface area contributed by atoms with Crippen LogP contribution in [-0.4, -0.2) is 16.5 Å². The molecular weight excluding hydrogens is 222 g/mol. The predicted octanol–water partition coefficient (Wildman–Crippen LogP) is 3.06. The number of aromatic amines is 1. The summed E-state index contributed by atoms with van der Waals surface area (Å²) in [7, 11) is 0. The molecule has 0 spiro atoms. The highest BCUT2D eigenvalue weighted by Gasteiger charge is 2.21. The molecule has 1 aromatic heterocycles. The number of aromatic nitrogens is 2. The highest BCUT2D eigenvalue weighted by atomic mass is 15.0. The van der Waals surface area contributed by atoms with Gasteiger partial charge in [-0.05, 0) is 37.6 Å². The Morgan fingerprint density at radius 2 is 2.28 bits per heavy atom. The normalized spacial score (nSPS) is 19.2. The lowest BCUT2D eigenvalue weighted by Gasteiger charge is -2.20. The third-order valence-corrected chi connectivity index (χ3v) is 3.74. The van der Waals surface area contributed by atoms with Crippen molar-refractivity contribution in [1.82, 2.24) is 15.3 Å². The van der Waals surface area contributed by atoms with Gasteiger partial charge in [-0.25, -0.2) is 4.98 Å². The van der Waals surface area contributed by atoms with E-state index in [1.807, 2.05) is 0 Å². The lowest BCUT2D eigenvalue weighted by Crippen LogP contribution is -2.19. The van der Waals surface area contributed by atoms with E-state index in [0.717, 1.165) is 24.8 Å². The zero-order valence-electron chi connectivity index (χ0n) is 12.1. The summed E-state index contributed by atoms with van der Waals surface area (Å²) in [6, 6.07) is 0. The van der Waals surface area contributed by atoms with Gasteiger partial charge in [0.25, 0.3) is 0 Å². The van der Waals surface area contributed by atoms with Crippen molar-refractivity contribution in [2.45, 2.75) is 59.4 Å². The number of H-pyrrole nitrogens is 1. The Hall–Kier alpha value is -0.830. The van der Waals surface area contributed by atoms with Crippen LogP contribution >= 0.6 is 0 Å². The Balaban J connectivity index is 1.89. The number of imidazole rings is 1. The van der Waals surface area contributed by atoms with Gasteiger partial charge in [0.15, 0.2) is 0 Å². The molecule has 3 heteroatoms. The summed E-state index contributed by atoms with van der Waals surface area (Å²) in [5, 5.41) is 3.45. The van der Waals surface area contributed by atoms with E-state index in [2.05, 4.69) is 31.1 Å². The van der Waals surface area contributed by atoms with Crippen LogP contribution < -0.4 is 5.32 Å². The Kier molecular flexibility index (Phi) is 4.81. The van der Waals surface area contributed by atoms with Crippen LogP contribution in [0.1, 0.15) is 57.2 Å². The zero-order chi connectivity index (χ0) is 13.0. The third kappa shape index (κ3) is 3.58. The minimum atomic E-state index is 0.698. The van der Waals surface area contributed by atoms with E-state index in [1.54, 1.807) is 0 Å². The first kappa shape index (κ1) is 13.6. The molecule has 0 saturated carbocycles. The fourth-order valence-electron chi connectivity index (χ4n) is 2.83. The number of fused-ring (bicyclic) bond motifs is 1.